The number of rotatable bonds is 2. The molecule has 2 rings (SSSR count). The Bertz CT molecular complexity index is 543. The number of aryl methyl sites for hydroxylation is 1. The van der Waals surface area contributed by atoms with E-state index >= 15 is 0 Å². The van der Waals surface area contributed by atoms with Crippen LogP contribution in [0.15, 0.2) is 35.9 Å². The predicted octanol–water partition coefficient (Wildman–Crippen LogP) is 2.94. The topological polar surface area (TPSA) is 33.1 Å². The molecular weight excluding hydrogens is 198 g/mol. The van der Waals surface area contributed by atoms with Gasteiger partial charge >= 0.3 is 0 Å². The van der Waals surface area contributed by atoms with Crippen LogP contribution in [0, 0.1) is 6.92 Å². The first kappa shape index (κ1) is 10.8. The second kappa shape index (κ2) is 4.45. The van der Waals surface area contributed by atoms with E-state index in [-0.39, 0.29) is 6.61 Å². The van der Waals surface area contributed by atoms with E-state index in [0.717, 1.165) is 27.7 Å². The molecule has 2 nitrogen and oxygen atoms in total. The normalized spacial score (nSPS) is 12.1. The maximum atomic E-state index is 9.05. The highest BCUT2D eigenvalue weighted by Gasteiger charge is 2.01. The summed E-state index contributed by atoms with van der Waals surface area (Å²) in [5, 5.41) is 10.2. The molecule has 1 heterocycles. The Morgan fingerprint density at radius 3 is 2.88 bits per heavy atom. The average molecular weight is 213 g/mol. The molecule has 1 N–H and O–H groups in total. The number of aromatic nitrogens is 1. The van der Waals surface area contributed by atoms with E-state index in [0.29, 0.717) is 0 Å². The largest absolute Gasteiger partial charge is 0.392 e. The van der Waals surface area contributed by atoms with E-state index in [2.05, 4.69) is 11.1 Å². The summed E-state index contributed by atoms with van der Waals surface area (Å²) >= 11 is 0. The van der Waals surface area contributed by atoms with Gasteiger partial charge in [-0.1, -0.05) is 24.3 Å². The lowest BCUT2D eigenvalue weighted by molar-refractivity contribution is 0.332. The molecule has 0 unspecified atom stereocenters. The van der Waals surface area contributed by atoms with Crippen molar-refractivity contribution in [2.24, 2.45) is 0 Å². The third-order valence-electron chi connectivity index (χ3n) is 2.53. The maximum Gasteiger partial charge on any atom is 0.0711 e. The molecule has 0 spiro atoms. The smallest absolute Gasteiger partial charge is 0.0711 e. The molecule has 0 aliphatic rings. The van der Waals surface area contributed by atoms with Gasteiger partial charge < -0.3 is 5.11 Å². The zero-order valence-corrected chi connectivity index (χ0v) is 9.57. The first-order valence-electron chi connectivity index (χ1n) is 5.35. The number of benzene rings is 1. The van der Waals surface area contributed by atoms with Gasteiger partial charge in [0.05, 0.1) is 12.1 Å². The number of aliphatic hydroxyl groups is 1. The Balaban J connectivity index is 2.68. The Morgan fingerprint density at radius 2 is 2.12 bits per heavy atom. The van der Waals surface area contributed by atoms with E-state index in [1.54, 1.807) is 0 Å². The summed E-state index contributed by atoms with van der Waals surface area (Å²) in [6, 6.07) is 10.1. The molecule has 0 aliphatic carbocycles. The van der Waals surface area contributed by atoms with Gasteiger partial charge in [-0.3, -0.25) is 4.98 Å². The fraction of sp³-hybridized carbons (Fsp3) is 0.214. The van der Waals surface area contributed by atoms with Crippen LogP contribution in [0.2, 0.25) is 0 Å². The lowest BCUT2D eigenvalue weighted by Gasteiger charge is -2.05. The van der Waals surface area contributed by atoms with Crippen LogP contribution in [0.4, 0.5) is 0 Å². The van der Waals surface area contributed by atoms with E-state index in [1.807, 2.05) is 44.2 Å². The number of para-hydroxylation sites is 1. The van der Waals surface area contributed by atoms with Crippen LogP contribution in [0.3, 0.4) is 0 Å². The van der Waals surface area contributed by atoms with Crippen LogP contribution in [0.25, 0.3) is 17.0 Å². The van der Waals surface area contributed by atoms with E-state index in [1.165, 1.54) is 0 Å². The third kappa shape index (κ3) is 2.12. The Morgan fingerprint density at radius 1 is 1.38 bits per heavy atom. The van der Waals surface area contributed by atoms with E-state index in [9.17, 15) is 0 Å². The Labute approximate surface area is 95.3 Å². The fourth-order valence-corrected chi connectivity index (χ4v) is 1.77. The fourth-order valence-electron chi connectivity index (χ4n) is 1.77. The molecule has 2 aromatic rings. The highest BCUT2D eigenvalue weighted by molar-refractivity contribution is 5.88. The van der Waals surface area contributed by atoms with Crippen LogP contribution in [0.5, 0.6) is 0 Å². The highest BCUT2D eigenvalue weighted by atomic mass is 16.3. The van der Waals surface area contributed by atoms with Crippen molar-refractivity contribution in [3.05, 3.63) is 47.2 Å². The Kier molecular flexibility index (Phi) is 3.02. The second-order valence-corrected chi connectivity index (χ2v) is 4.02. The van der Waals surface area contributed by atoms with Gasteiger partial charge in [-0.15, -0.1) is 0 Å². The molecule has 0 atom stereocenters. The molecule has 0 bridgehead atoms. The molecule has 0 aliphatic heterocycles. The van der Waals surface area contributed by atoms with Gasteiger partial charge in [-0.2, -0.15) is 0 Å². The number of fused-ring (bicyclic) bond motifs is 1. The van der Waals surface area contributed by atoms with Crippen molar-refractivity contribution >= 4 is 17.0 Å². The first-order chi connectivity index (χ1) is 7.70. The predicted molar refractivity (Wildman–Crippen MR) is 67.2 cm³/mol. The third-order valence-corrected chi connectivity index (χ3v) is 2.53. The quantitative estimate of drug-likeness (QED) is 0.832. The molecule has 16 heavy (non-hydrogen) atoms. The molecule has 82 valence electrons. The van der Waals surface area contributed by atoms with Crippen LogP contribution in [-0.2, 0) is 0 Å². The molecule has 1 aromatic heterocycles. The van der Waals surface area contributed by atoms with Gasteiger partial charge in [0.25, 0.3) is 0 Å². The molecule has 0 radical (unpaired) electrons. The van der Waals surface area contributed by atoms with Crippen molar-refractivity contribution in [1.29, 1.82) is 0 Å². The lowest BCUT2D eigenvalue weighted by Crippen LogP contribution is -1.89. The van der Waals surface area contributed by atoms with Crippen molar-refractivity contribution < 1.29 is 5.11 Å². The first-order valence-corrected chi connectivity index (χ1v) is 5.35. The summed E-state index contributed by atoms with van der Waals surface area (Å²) in [6.45, 7) is 4.00. The number of nitrogens with zero attached hydrogens (tertiary/aromatic N) is 1. The average Bonchev–Trinajstić information content (AvgIpc) is 2.28. The van der Waals surface area contributed by atoms with Crippen LogP contribution in [0.1, 0.15) is 18.2 Å². The molecule has 0 fully saturated rings. The van der Waals surface area contributed by atoms with E-state index in [4.69, 9.17) is 5.11 Å². The van der Waals surface area contributed by atoms with Gasteiger partial charge in [-0.05, 0) is 37.1 Å². The van der Waals surface area contributed by atoms with E-state index < -0.39 is 0 Å². The standard InChI is InChI=1S/C14H15NO/c1-10(9-16)7-12-8-11(2)15-14-6-4-3-5-13(12)14/h3-8,16H,9H2,1-2H3. The second-order valence-electron chi connectivity index (χ2n) is 4.02. The zero-order chi connectivity index (χ0) is 11.5. The van der Waals surface area contributed by atoms with Gasteiger partial charge in [0, 0.05) is 11.1 Å². The molecule has 0 saturated carbocycles. The number of aliphatic hydroxyl groups excluding tert-OH is 1. The van der Waals surface area contributed by atoms with Crippen molar-refractivity contribution in [2.45, 2.75) is 13.8 Å². The van der Waals surface area contributed by atoms with Gasteiger partial charge in [0.15, 0.2) is 0 Å². The summed E-state index contributed by atoms with van der Waals surface area (Å²) < 4.78 is 0. The molecular formula is C14H15NO. The summed E-state index contributed by atoms with van der Waals surface area (Å²) in [5.41, 5.74) is 4.07. The minimum Gasteiger partial charge on any atom is -0.392 e. The van der Waals surface area contributed by atoms with Crippen LogP contribution < -0.4 is 0 Å². The minimum atomic E-state index is 0.0930. The van der Waals surface area contributed by atoms with Crippen molar-refractivity contribution in [3.63, 3.8) is 0 Å². The highest BCUT2D eigenvalue weighted by Crippen LogP contribution is 2.20. The number of hydrogen-bond acceptors (Lipinski definition) is 2. The SMILES string of the molecule is CC(=Cc1cc(C)nc2ccccc12)CO. The number of pyridine rings is 1. The van der Waals surface area contributed by atoms with Crippen LogP contribution in [-0.4, -0.2) is 16.7 Å². The van der Waals surface area contributed by atoms with Gasteiger partial charge in [0.2, 0.25) is 0 Å². The van der Waals surface area contributed by atoms with Gasteiger partial charge in [0.1, 0.15) is 0 Å². The molecule has 0 saturated heterocycles. The zero-order valence-electron chi connectivity index (χ0n) is 9.57. The summed E-state index contributed by atoms with van der Waals surface area (Å²) in [6.07, 6.45) is 2.01. The monoisotopic (exact) mass is 213 g/mol. The molecule has 0 amide bonds. The van der Waals surface area contributed by atoms with Crippen LogP contribution >= 0.6 is 0 Å². The lowest BCUT2D eigenvalue weighted by atomic mass is 10.1. The van der Waals surface area contributed by atoms with Gasteiger partial charge in [-0.25, -0.2) is 0 Å². The van der Waals surface area contributed by atoms with Crippen molar-refractivity contribution in [2.75, 3.05) is 6.61 Å². The molecule has 2 heteroatoms. The Hall–Kier alpha value is -1.67. The minimum absolute atomic E-state index is 0.0930. The van der Waals surface area contributed by atoms with Crippen molar-refractivity contribution in [3.8, 4) is 0 Å². The molecule has 1 aromatic carbocycles. The summed E-state index contributed by atoms with van der Waals surface area (Å²) in [7, 11) is 0. The van der Waals surface area contributed by atoms with Crippen molar-refractivity contribution in [1.82, 2.24) is 4.98 Å². The summed E-state index contributed by atoms with van der Waals surface area (Å²) in [4.78, 5) is 4.48. The maximum absolute atomic E-state index is 9.05. The summed E-state index contributed by atoms with van der Waals surface area (Å²) in [5.74, 6) is 0. The number of hydrogen-bond donors (Lipinski definition) is 1.